The second kappa shape index (κ2) is 12.8. The monoisotopic (exact) mass is 456 g/mol. The van der Waals surface area contributed by atoms with Crippen molar-refractivity contribution in [2.24, 2.45) is 17.8 Å². The minimum Gasteiger partial charge on any atom is -0.0955 e. The van der Waals surface area contributed by atoms with Gasteiger partial charge in [-0.05, 0) is 78.5 Å². The predicted octanol–water partition coefficient (Wildman–Crippen LogP) is 10.8. The summed E-state index contributed by atoms with van der Waals surface area (Å²) in [6, 6.07) is 18.3. The molecular formula is C34H48. The number of hydrogen-bond donors (Lipinski definition) is 0. The zero-order chi connectivity index (χ0) is 23.8. The average Bonchev–Trinajstić information content (AvgIpc) is 2.89. The smallest absolute Gasteiger partial charge is 0.0162 e. The normalized spacial score (nSPS) is 25.2. The summed E-state index contributed by atoms with van der Waals surface area (Å²) in [5.74, 6) is 3.86. The largest absolute Gasteiger partial charge is 0.0955 e. The van der Waals surface area contributed by atoms with Gasteiger partial charge in [0.05, 0.1) is 0 Å². The van der Waals surface area contributed by atoms with E-state index in [-0.39, 0.29) is 0 Å². The van der Waals surface area contributed by atoms with Crippen LogP contribution in [-0.4, -0.2) is 0 Å². The first kappa shape index (κ1) is 25.3. The van der Waals surface area contributed by atoms with Crippen molar-refractivity contribution < 1.29 is 0 Å². The van der Waals surface area contributed by atoms with Crippen LogP contribution in [0.2, 0.25) is 0 Å². The molecule has 2 aliphatic rings. The van der Waals surface area contributed by atoms with Gasteiger partial charge in [-0.15, -0.1) is 0 Å². The quantitative estimate of drug-likeness (QED) is 0.312. The zero-order valence-corrected chi connectivity index (χ0v) is 22.0. The van der Waals surface area contributed by atoms with Gasteiger partial charge in [-0.25, -0.2) is 0 Å². The first-order chi connectivity index (χ1) is 16.6. The van der Waals surface area contributed by atoms with Gasteiger partial charge in [-0.3, -0.25) is 0 Å². The van der Waals surface area contributed by atoms with Crippen molar-refractivity contribution in [1.29, 1.82) is 0 Å². The lowest BCUT2D eigenvalue weighted by atomic mass is 9.74. The van der Waals surface area contributed by atoms with Crippen molar-refractivity contribution in [3.8, 4) is 11.1 Å². The van der Waals surface area contributed by atoms with Crippen LogP contribution in [0, 0.1) is 17.8 Å². The molecule has 0 unspecified atom stereocenters. The Morgan fingerprint density at radius 3 is 1.62 bits per heavy atom. The van der Waals surface area contributed by atoms with Gasteiger partial charge in [-0.1, -0.05) is 132 Å². The van der Waals surface area contributed by atoms with Gasteiger partial charge in [0.1, 0.15) is 0 Å². The van der Waals surface area contributed by atoms with E-state index in [2.05, 4.69) is 69.0 Å². The highest BCUT2D eigenvalue weighted by atomic mass is 14.3. The minimum atomic E-state index is 0.773. The molecule has 34 heavy (non-hydrogen) atoms. The molecule has 2 aromatic carbocycles. The first-order valence-corrected chi connectivity index (χ1v) is 14.5. The molecule has 0 spiro atoms. The molecule has 0 aromatic heterocycles. The molecule has 2 saturated carbocycles. The fraction of sp³-hybridized carbons (Fsp3) is 0.588. The van der Waals surface area contributed by atoms with E-state index in [0.29, 0.717) is 0 Å². The topological polar surface area (TPSA) is 0 Å². The molecule has 0 amide bonds. The summed E-state index contributed by atoms with van der Waals surface area (Å²) < 4.78 is 0. The van der Waals surface area contributed by atoms with Crippen LogP contribution in [0.3, 0.4) is 0 Å². The number of rotatable bonds is 10. The summed E-state index contributed by atoms with van der Waals surface area (Å²) >= 11 is 0. The predicted molar refractivity (Wildman–Crippen MR) is 150 cm³/mol. The average molecular weight is 457 g/mol. The standard InChI is InChI=1S/C34H48/c1-4-5-6-7-27-8-10-28(11-9-27)12-13-29-14-16-31(17-15-29)33-22-24-34(25-23-33)32-20-18-30(19-21-32)26(2)3/h18-25,27-29,31H,2,4-17H2,1,3H3. The van der Waals surface area contributed by atoms with Gasteiger partial charge < -0.3 is 0 Å². The first-order valence-electron chi connectivity index (χ1n) is 14.5. The van der Waals surface area contributed by atoms with Gasteiger partial charge in [0.2, 0.25) is 0 Å². The van der Waals surface area contributed by atoms with Crippen LogP contribution in [0.4, 0.5) is 0 Å². The Balaban J connectivity index is 1.17. The second-order valence-corrected chi connectivity index (χ2v) is 11.7. The number of unbranched alkanes of at least 4 members (excludes halogenated alkanes) is 2. The number of benzene rings is 2. The molecule has 0 bridgehead atoms. The Kier molecular flexibility index (Phi) is 9.49. The van der Waals surface area contributed by atoms with E-state index in [1.807, 2.05) is 0 Å². The highest BCUT2D eigenvalue weighted by Gasteiger charge is 2.25. The molecule has 2 aliphatic carbocycles. The Labute approximate surface area is 210 Å². The molecule has 0 radical (unpaired) electrons. The van der Waals surface area contributed by atoms with Crippen LogP contribution in [-0.2, 0) is 0 Å². The summed E-state index contributed by atoms with van der Waals surface area (Å²) in [6.07, 6.45) is 20.6. The van der Waals surface area contributed by atoms with E-state index in [0.717, 1.165) is 29.2 Å². The van der Waals surface area contributed by atoms with Crippen molar-refractivity contribution in [2.75, 3.05) is 0 Å². The van der Waals surface area contributed by atoms with Gasteiger partial charge in [0, 0.05) is 0 Å². The van der Waals surface area contributed by atoms with Gasteiger partial charge in [0.15, 0.2) is 0 Å². The van der Waals surface area contributed by atoms with Crippen molar-refractivity contribution in [1.82, 2.24) is 0 Å². The molecule has 0 N–H and O–H groups in total. The molecule has 0 heterocycles. The van der Waals surface area contributed by atoms with E-state index < -0.39 is 0 Å². The minimum absolute atomic E-state index is 0.773. The lowest BCUT2D eigenvalue weighted by molar-refractivity contribution is 0.222. The summed E-state index contributed by atoms with van der Waals surface area (Å²) in [5.41, 5.74) is 6.54. The van der Waals surface area contributed by atoms with Crippen molar-refractivity contribution >= 4 is 5.57 Å². The maximum Gasteiger partial charge on any atom is -0.0162 e. The highest BCUT2D eigenvalue weighted by molar-refractivity contribution is 5.68. The van der Waals surface area contributed by atoms with Crippen LogP contribution in [0.25, 0.3) is 16.7 Å². The summed E-state index contributed by atoms with van der Waals surface area (Å²) in [5, 5.41) is 0. The maximum absolute atomic E-state index is 4.05. The van der Waals surface area contributed by atoms with Crippen LogP contribution in [0.5, 0.6) is 0 Å². The molecule has 0 heteroatoms. The fourth-order valence-electron chi connectivity index (χ4n) is 6.64. The molecule has 0 saturated heterocycles. The number of hydrogen-bond acceptors (Lipinski definition) is 0. The van der Waals surface area contributed by atoms with Crippen LogP contribution in [0.1, 0.15) is 121 Å². The van der Waals surface area contributed by atoms with Gasteiger partial charge in [0.25, 0.3) is 0 Å². The van der Waals surface area contributed by atoms with E-state index in [9.17, 15) is 0 Å². The zero-order valence-electron chi connectivity index (χ0n) is 22.0. The van der Waals surface area contributed by atoms with E-state index in [1.165, 1.54) is 107 Å². The third-order valence-electron chi connectivity index (χ3n) is 9.11. The van der Waals surface area contributed by atoms with Crippen molar-refractivity contribution in [3.05, 3.63) is 66.2 Å². The maximum atomic E-state index is 4.05. The Morgan fingerprint density at radius 2 is 1.12 bits per heavy atom. The fourth-order valence-corrected chi connectivity index (χ4v) is 6.64. The van der Waals surface area contributed by atoms with Crippen LogP contribution in [0.15, 0.2) is 55.1 Å². The van der Waals surface area contributed by atoms with Crippen LogP contribution >= 0.6 is 0 Å². The van der Waals surface area contributed by atoms with E-state index in [1.54, 1.807) is 5.56 Å². The lowest BCUT2D eigenvalue weighted by Crippen LogP contribution is -2.17. The molecule has 4 rings (SSSR count). The third kappa shape index (κ3) is 7.10. The molecule has 2 fully saturated rings. The molecule has 184 valence electrons. The van der Waals surface area contributed by atoms with Gasteiger partial charge >= 0.3 is 0 Å². The molecular weight excluding hydrogens is 408 g/mol. The molecule has 0 aliphatic heterocycles. The molecule has 2 aromatic rings. The summed E-state index contributed by atoms with van der Waals surface area (Å²) in [4.78, 5) is 0. The second-order valence-electron chi connectivity index (χ2n) is 11.7. The van der Waals surface area contributed by atoms with Crippen molar-refractivity contribution in [2.45, 2.75) is 110 Å². The van der Waals surface area contributed by atoms with Crippen molar-refractivity contribution in [3.63, 3.8) is 0 Å². The van der Waals surface area contributed by atoms with E-state index >= 15 is 0 Å². The summed E-state index contributed by atoms with van der Waals surface area (Å²) in [6.45, 7) is 8.44. The van der Waals surface area contributed by atoms with Crippen LogP contribution < -0.4 is 0 Å². The number of allylic oxidation sites excluding steroid dienone is 1. The highest BCUT2D eigenvalue weighted by Crippen LogP contribution is 2.40. The third-order valence-corrected chi connectivity index (χ3v) is 9.11. The molecule has 0 atom stereocenters. The Morgan fingerprint density at radius 1 is 0.647 bits per heavy atom. The molecule has 0 nitrogen and oxygen atoms in total. The SMILES string of the molecule is C=C(C)c1ccc(-c2ccc(C3CCC(CCC4CCC(CCCCC)CC4)CC3)cc2)cc1. The van der Waals surface area contributed by atoms with E-state index in [4.69, 9.17) is 0 Å². The Hall–Kier alpha value is -1.82. The summed E-state index contributed by atoms with van der Waals surface area (Å²) in [7, 11) is 0. The Bertz CT molecular complexity index is 855. The van der Waals surface area contributed by atoms with Gasteiger partial charge in [-0.2, -0.15) is 0 Å². The lowest BCUT2D eigenvalue weighted by Gasteiger charge is -2.32.